The SMILES string of the molecule is CCN(C(=O)Cc1ccc(S(C)(=O)=O)cc1)C1CCN(CCC(c2ccccc2)N2CCNCC2C(=O)OC(C)(C)C)CC1. The minimum absolute atomic E-state index is 0.0779. The van der Waals surface area contributed by atoms with Gasteiger partial charge in [0, 0.05) is 57.6 Å². The van der Waals surface area contributed by atoms with Crippen molar-refractivity contribution in [2.45, 2.75) is 82.0 Å². The number of piperazine rings is 1. The molecular weight excluding hydrogens is 576 g/mol. The second-order valence-electron chi connectivity index (χ2n) is 13.1. The smallest absolute Gasteiger partial charge is 0.325 e. The van der Waals surface area contributed by atoms with Gasteiger partial charge in [-0.15, -0.1) is 0 Å². The van der Waals surface area contributed by atoms with Crippen molar-refractivity contribution in [3.05, 3.63) is 65.7 Å². The van der Waals surface area contributed by atoms with Crippen LogP contribution in [-0.2, 0) is 30.6 Å². The molecule has 10 heteroatoms. The summed E-state index contributed by atoms with van der Waals surface area (Å²) >= 11 is 0. The van der Waals surface area contributed by atoms with Crippen LogP contribution in [0.25, 0.3) is 0 Å². The first-order chi connectivity index (χ1) is 20.9. The van der Waals surface area contributed by atoms with Gasteiger partial charge in [0.1, 0.15) is 11.6 Å². The summed E-state index contributed by atoms with van der Waals surface area (Å²) in [5.41, 5.74) is 1.50. The molecule has 1 amide bonds. The van der Waals surface area contributed by atoms with Gasteiger partial charge in [0.25, 0.3) is 0 Å². The van der Waals surface area contributed by atoms with Gasteiger partial charge in [-0.1, -0.05) is 42.5 Å². The van der Waals surface area contributed by atoms with Crippen LogP contribution >= 0.6 is 0 Å². The number of ether oxygens (including phenoxy) is 1. The Labute approximate surface area is 263 Å². The Balaban J connectivity index is 1.36. The Morgan fingerprint density at radius 3 is 2.27 bits per heavy atom. The molecule has 0 saturated carbocycles. The monoisotopic (exact) mass is 626 g/mol. The van der Waals surface area contributed by atoms with Gasteiger partial charge in [-0.3, -0.25) is 14.5 Å². The lowest BCUT2D eigenvalue weighted by Gasteiger charge is -2.42. The molecule has 2 atom stereocenters. The highest BCUT2D eigenvalue weighted by molar-refractivity contribution is 7.90. The summed E-state index contributed by atoms with van der Waals surface area (Å²) in [4.78, 5) is 33.6. The number of carbonyl (C=O) groups excluding carboxylic acids is 2. The van der Waals surface area contributed by atoms with Gasteiger partial charge in [0.2, 0.25) is 5.91 Å². The Morgan fingerprint density at radius 2 is 1.68 bits per heavy atom. The molecule has 2 fully saturated rings. The first-order valence-electron chi connectivity index (χ1n) is 15.9. The maximum Gasteiger partial charge on any atom is 0.325 e. The van der Waals surface area contributed by atoms with Gasteiger partial charge < -0.3 is 19.9 Å². The normalized spacial score (nSPS) is 19.8. The van der Waals surface area contributed by atoms with E-state index in [1.807, 2.05) is 38.7 Å². The van der Waals surface area contributed by atoms with E-state index in [4.69, 9.17) is 4.74 Å². The topological polar surface area (TPSA) is 99.3 Å². The molecule has 2 unspecified atom stereocenters. The average molecular weight is 627 g/mol. The highest BCUT2D eigenvalue weighted by Gasteiger charge is 2.37. The van der Waals surface area contributed by atoms with E-state index in [1.165, 1.54) is 11.8 Å². The molecule has 2 aliphatic heterocycles. The van der Waals surface area contributed by atoms with Crippen molar-refractivity contribution < 1.29 is 22.7 Å². The lowest BCUT2D eigenvalue weighted by molar-refractivity contribution is -0.163. The molecule has 2 aliphatic rings. The summed E-state index contributed by atoms with van der Waals surface area (Å²) in [6.45, 7) is 13.3. The molecule has 1 N–H and O–H groups in total. The summed E-state index contributed by atoms with van der Waals surface area (Å²) in [5, 5.41) is 3.39. The first-order valence-corrected chi connectivity index (χ1v) is 17.8. The predicted molar refractivity (Wildman–Crippen MR) is 173 cm³/mol. The third-order valence-electron chi connectivity index (χ3n) is 8.63. The third kappa shape index (κ3) is 9.36. The highest BCUT2D eigenvalue weighted by atomic mass is 32.2. The van der Waals surface area contributed by atoms with E-state index in [0.717, 1.165) is 57.5 Å². The highest BCUT2D eigenvalue weighted by Crippen LogP contribution is 2.29. The van der Waals surface area contributed by atoms with Gasteiger partial charge in [0.05, 0.1) is 11.3 Å². The lowest BCUT2D eigenvalue weighted by Crippen LogP contribution is -2.57. The zero-order chi connectivity index (χ0) is 31.9. The lowest BCUT2D eigenvalue weighted by atomic mass is 9.97. The molecule has 44 heavy (non-hydrogen) atoms. The maximum atomic E-state index is 13.3. The van der Waals surface area contributed by atoms with Crippen LogP contribution in [0.1, 0.15) is 64.1 Å². The molecule has 0 bridgehead atoms. The fraction of sp³-hybridized carbons (Fsp3) is 0.588. The second kappa shape index (κ2) is 15.0. The quantitative estimate of drug-likeness (QED) is 0.377. The molecule has 2 heterocycles. The molecule has 0 radical (unpaired) electrons. The van der Waals surface area contributed by atoms with Crippen LogP contribution in [-0.4, -0.2) is 105 Å². The molecule has 2 aromatic rings. The van der Waals surface area contributed by atoms with Crippen molar-refractivity contribution in [1.82, 2.24) is 20.0 Å². The number of sulfone groups is 1. The summed E-state index contributed by atoms with van der Waals surface area (Å²) in [6, 6.07) is 17.0. The van der Waals surface area contributed by atoms with Crippen molar-refractivity contribution in [3.63, 3.8) is 0 Å². The van der Waals surface area contributed by atoms with Gasteiger partial charge in [0.15, 0.2) is 9.84 Å². The van der Waals surface area contributed by atoms with Gasteiger partial charge in [-0.25, -0.2) is 8.42 Å². The fourth-order valence-corrected chi connectivity index (χ4v) is 7.04. The zero-order valence-corrected chi connectivity index (χ0v) is 27.8. The van der Waals surface area contributed by atoms with E-state index < -0.39 is 15.4 Å². The zero-order valence-electron chi connectivity index (χ0n) is 27.0. The Kier molecular flexibility index (Phi) is 11.6. The summed E-state index contributed by atoms with van der Waals surface area (Å²) < 4.78 is 29.4. The molecule has 0 aliphatic carbocycles. The Hall–Kier alpha value is -2.79. The van der Waals surface area contributed by atoms with Crippen LogP contribution in [0, 0.1) is 0 Å². The van der Waals surface area contributed by atoms with E-state index in [9.17, 15) is 18.0 Å². The third-order valence-corrected chi connectivity index (χ3v) is 9.76. The van der Waals surface area contributed by atoms with Crippen LogP contribution in [0.4, 0.5) is 0 Å². The van der Waals surface area contributed by atoms with Gasteiger partial charge in [-0.2, -0.15) is 0 Å². The molecular formula is C34H50N4O5S. The van der Waals surface area contributed by atoms with Crippen LogP contribution in [0.2, 0.25) is 0 Å². The van der Waals surface area contributed by atoms with Gasteiger partial charge >= 0.3 is 5.97 Å². The van der Waals surface area contributed by atoms with E-state index in [0.29, 0.717) is 13.1 Å². The maximum absolute atomic E-state index is 13.3. The van der Waals surface area contributed by atoms with E-state index in [2.05, 4.69) is 39.4 Å². The number of piperidine rings is 1. The number of nitrogens with zero attached hydrogens (tertiary/aromatic N) is 3. The van der Waals surface area contributed by atoms with Gasteiger partial charge in [-0.05, 0) is 76.8 Å². The molecule has 4 rings (SSSR count). The number of likely N-dealkylation sites (tertiary alicyclic amines) is 1. The number of rotatable bonds is 11. The molecule has 2 aromatic carbocycles. The minimum atomic E-state index is -3.26. The van der Waals surface area contributed by atoms with Crippen molar-refractivity contribution in [3.8, 4) is 0 Å². The molecule has 0 spiro atoms. The number of benzene rings is 2. The predicted octanol–water partition coefficient (Wildman–Crippen LogP) is 3.69. The number of hydrogen-bond acceptors (Lipinski definition) is 8. The Morgan fingerprint density at radius 1 is 1.02 bits per heavy atom. The molecule has 242 valence electrons. The Bertz CT molecular complexity index is 1340. The molecule has 2 saturated heterocycles. The largest absolute Gasteiger partial charge is 0.459 e. The molecule has 9 nitrogen and oxygen atoms in total. The minimum Gasteiger partial charge on any atom is -0.459 e. The standard InChI is InChI=1S/C34H50N4O5S/c1-6-37(32(39)24-26-12-14-29(15-13-26)44(5,41)42)28-16-20-36(21-17-28)22-18-30(27-10-8-7-9-11-27)38-23-19-35-25-31(38)33(40)43-34(2,3)4/h7-15,28,30-31,35H,6,16-25H2,1-5H3. The number of nitrogens with one attached hydrogen (secondary N) is 1. The van der Waals surface area contributed by atoms with Crippen LogP contribution in [0.15, 0.2) is 59.5 Å². The number of likely N-dealkylation sites (N-methyl/N-ethyl adjacent to an activating group) is 1. The number of esters is 1. The number of hydrogen-bond donors (Lipinski definition) is 1. The van der Waals surface area contributed by atoms with Crippen molar-refractivity contribution in [2.75, 3.05) is 52.1 Å². The summed E-state index contributed by atoms with van der Waals surface area (Å²) in [5.74, 6) is -0.101. The van der Waals surface area contributed by atoms with E-state index >= 15 is 0 Å². The second-order valence-corrected chi connectivity index (χ2v) is 15.1. The first kappa shape index (κ1) is 34.1. The average Bonchev–Trinajstić information content (AvgIpc) is 2.98. The van der Waals surface area contributed by atoms with Crippen molar-refractivity contribution >= 4 is 21.7 Å². The van der Waals surface area contributed by atoms with Crippen LogP contribution in [0.5, 0.6) is 0 Å². The van der Waals surface area contributed by atoms with Crippen molar-refractivity contribution in [1.29, 1.82) is 0 Å². The van der Waals surface area contributed by atoms with E-state index in [-0.39, 0.29) is 41.3 Å². The molecule has 0 aromatic heterocycles. The summed E-state index contributed by atoms with van der Waals surface area (Å²) in [7, 11) is -3.26. The number of carbonyl (C=O) groups is 2. The van der Waals surface area contributed by atoms with Crippen LogP contribution in [0.3, 0.4) is 0 Å². The van der Waals surface area contributed by atoms with Crippen LogP contribution < -0.4 is 5.32 Å². The number of amides is 1. The van der Waals surface area contributed by atoms with Crippen molar-refractivity contribution in [2.24, 2.45) is 0 Å². The fourth-order valence-electron chi connectivity index (χ4n) is 6.41. The summed E-state index contributed by atoms with van der Waals surface area (Å²) in [6.07, 6.45) is 4.17. The van der Waals surface area contributed by atoms with E-state index in [1.54, 1.807) is 24.3 Å².